The number of likely N-dealkylation sites (N-methyl/N-ethyl adjacent to an activating group) is 1. The summed E-state index contributed by atoms with van der Waals surface area (Å²) in [4.78, 5) is 12.9. The monoisotopic (exact) mass is 186 g/mol. The fourth-order valence-electron chi connectivity index (χ4n) is 1.53. The largest absolute Gasteiger partial charge is 0.448 e. The second-order valence-electron chi connectivity index (χ2n) is 3.33. The maximum absolute atomic E-state index is 11.1. The lowest BCUT2D eigenvalue weighted by molar-refractivity contribution is 0.155. The molecule has 4 nitrogen and oxygen atoms in total. The molecule has 1 aliphatic heterocycles. The minimum Gasteiger partial charge on any atom is -0.448 e. The lowest BCUT2D eigenvalue weighted by Gasteiger charge is -2.20. The molecule has 0 aromatic carbocycles. The first kappa shape index (κ1) is 10.3. The van der Waals surface area contributed by atoms with Gasteiger partial charge < -0.3 is 15.0 Å². The van der Waals surface area contributed by atoms with E-state index in [1.54, 1.807) is 4.90 Å². The molecule has 1 N–H and O–H groups in total. The molecule has 13 heavy (non-hydrogen) atoms. The van der Waals surface area contributed by atoms with Crippen LogP contribution in [0, 0.1) is 0 Å². The molecule has 0 aromatic heterocycles. The second-order valence-corrected chi connectivity index (χ2v) is 3.33. The van der Waals surface area contributed by atoms with Crippen LogP contribution in [-0.2, 0) is 4.74 Å². The van der Waals surface area contributed by atoms with Gasteiger partial charge in [-0.25, -0.2) is 4.79 Å². The molecule has 0 saturated carbocycles. The first-order chi connectivity index (χ1) is 6.27. The molecule has 1 amide bonds. The number of nitrogens with zero attached hydrogens (tertiary/aromatic N) is 1. The summed E-state index contributed by atoms with van der Waals surface area (Å²) < 4.78 is 4.85. The van der Waals surface area contributed by atoms with Crippen LogP contribution in [0.4, 0.5) is 4.79 Å². The Morgan fingerprint density at radius 3 is 2.92 bits per heavy atom. The van der Waals surface area contributed by atoms with Gasteiger partial charge >= 0.3 is 6.09 Å². The topological polar surface area (TPSA) is 41.6 Å². The van der Waals surface area contributed by atoms with Crippen molar-refractivity contribution in [3.63, 3.8) is 0 Å². The van der Waals surface area contributed by atoms with Crippen LogP contribution in [0.1, 0.15) is 19.8 Å². The van der Waals surface area contributed by atoms with Gasteiger partial charge in [-0.15, -0.1) is 0 Å². The summed E-state index contributed by atoms with van der Waals surface area (Å²) in [5, 5.41) is 3.20. The molecule has 4 heteroatoms. The van der Waals surface area contributed by atoms with Crippen molar-refractivity contribution in [2.24, 2.45) is 0 Å². The zero-order chi connectivity index (χ0) is 9.68. The zero-order valence-electron chi connectivity index (χ0n) is 8.38. The lowest BCUT2D eigenvalue weighted by atomic mass is 10.1. The average Bonchev–Trinajstić information content (AvgIpc) is 2.51. The molecule has 1 atom stereocenters. The van der Waals surface area contributed by atoms with E-state index >= 15 is 0 Å². The number of hydrogen-bond acceptors (Lipinski definition) is 3. The first-order valence-electron chi connectivity index (χ1n) is 4.87. The van der Waals surface area contributed by atoms with Crippen LogP contribution in [0.5, 0.6) is 0 Å². The molecule has 0 aliphatic carbocycles. The SMILES string of the molecule is CCCC(CN1CCOC1=O)NC. The molecule has 0 bridgehead atoms. The molecule has 76 valence electrons. The van der Waals surface area contributed by atoms with Crippen molar-refractivity contribution in [2.75, 3.05) is 26.7 Å². The standard InChI is InChI=1S/C9H18N2O2/c1-3-4-8(10-2)7-11-5-6-13-9(11)12/h8,10H,3-7H2,1-2H3. The van der Waals surface area contributed by atoms with E-state index in [-0.39, 0.29) is 6.09 Å². The molecule has 1 heterocycles. The summed E-state index contributed by atoms with van der Waals surface area (Å²) in [6, 6.07) is 0.399. The van der Waals surface area contributed by atoms with Gasteiger partial charge in [0.15, 0.2) is 0 Å². The lowest BCUT2D eigenvalue weighted by Crippen LogP contribution is -2.39. The van der Waals surface area contributed by atoms with Gasteiger partial charge in [0.1, 0.15) is 6.61 Å². The Labute approximate surface area is 79.2 Å². The van der Waals surface area contributed by atoms with Gasteiger partial charge in [0.25, 0.3) is 0 Å². The van der Waals surface area contributed by atoms with Crippen LogP contribution in [0.2, 0.25) is 0 Å². The summed E-state index contributed by atoms with van der Waals surface area (Å²) >= 11 is 0. The highest BCUT2D eigenvalue weighted by Gasteiger charge is 2.23. The van der Waals surface area contributed by atoms with E-state index in [1.807, 2.05) is 7.05 Å². The number of amides is 1. The first-order valence-corrected chi connectivity index (χ1v) is 4.87. The van der Waals surface area contributed by atoms with Crippen molar-refractivity contribution in [3.8, 4) is 0 Å². The van der Waals surface area contributed by atoms with Crippen LogP contribution in [0.15, 0.2) is 0 Å². The zero-order valence-corrected chi connectivity index (χ0v) is 8.38. The third kappa shape index (κ3) is 2.88. The Morgan fingerprint density at radius 2 is 2.46 bits per heavy atom. The van der Waals surface area contributed by atoms with E-state index in [0.29, 0.717) is 12.6 Å². The Morgan fingerprint density at radius 1 is 1.69 bits per heavy atom. The predicted octanol–water partition coefficient (Wildman–Crippen LogP) is 0.827. The quantitative estimate of drug-likeness (QED) is 0.691. The number of carbonyl (C=O) groups excluding carboxylic acids is 1. The number of nitrogens with one attached hydrogen (secondary N) is 1. The van der Waals surface area contributed by atoms with Crippen molar-refractivity contribution >= 4 is 6.09 Å². The fourth-order valence-corrected chi connectivity index (χ4v) is 1.53. The molecule has 1 saturated heterocycles. The van der Waals surface area contributed by atoms with Gasteiger partial charge in [0.2, 0.25) is 0 Å². The van der Waals surface area contributed by atoms with E-state index in [1.165, 1.54) is 0 Å². The smallest absolute Gasteiger partial charge is 0.409 e. The Hall–Kier alpha value is -0.770. The van der Waals surface area contributed by atoms with Gasteiger partial charge in [-0.1, -0.05) is 13.3 Å². The van der Waals surface area contributed by atoms with Crippen molar-refractivity contribution in [1.82, 2.24) is 10.2 Å². The van der Waals surface area contributed by atoms with E-state index < -0.39 is 0 Å². The van der Waals surface area contributed by atoms with Crippen molar-refractivity contribution in [2.45, 2.75) is 25.8 Å². The Bertz CT molecular complexity index is 173. The Balaban J connectivity index is 2.31. The van der Waals surface area contributed by atoms with Crippen LogP contribution < -0.4 is 5.32 Å². The molecule has 1 unspecified atom stereocenters. The number of ether oxygens (including phenoxy) is 1. The molecule has 0 aromatic rings. The average molecular weight is 186 g/mol. The van der Waals surface area contributed by atoms with E-state index in [9.17, 15) is 4.79 Å². The number of hydrogen-bond donors (Lipinski definition) is 1. The molecular weight excluding hydrogens is 168 g/mol. The number of carbonyl (C=O) groups is 1. The summed E-state index contributed by atoms with van der Waals surface area (Å²) in [7, 11) is 1.93. The molecule has 1 fully saturated rings. The number of cyclic esters (lactones) is 1. The van der Waals surface area contributed by atoms with Crippen LogP contribution >= 0.6 is 0 Å². The van der Waals surface area contributed by atoms with E-state index in [0.717, 1.165) is 25.9 Å². The molecule has 0 spiro atoms. The highest BCUT2D eigenvalue weighted by molar-refractivity contribution is 5.69. The molecule has 1 rings (SSSR count). The number of rotatable bonds is 5. The van der Waals surface area contributed by atoms with E-state index in [2.05, 4.69) is 12.2 Å². The fraction of sp³-hybridized carbons (Fsp3) is 0.889. The normalized spacial score (nSPS) is 18.9. The van der Waals surface area contributed by atoms with Gasteiger partial charge in [-0.3, -0.25) is 0 Å². The summed E-state index contributed by atoms with van der Waals surface area (Å²) in [5.41, 5.74) is 0. The van der Waals surface area contributed by atoms with E-state index in [4.69, 9.17) is 4.74 Å². The van der Waals surface area contributed by atoms with Crippen LogP contribution in [0.25, 0.3) is 0 Å². The molecule has 1 aliphatic rings. The van der Waals surface area contributed by atoms with Gasteiger partial charge in [-0.05, 0) is 13.5 Å². The summed E-state index contributed by atoms with van der Waals surface area (Å²) in [6.07, 6.45) is 2.06. The second kappa shape index (κ2) is 5.07. The van der Waals surface area contributed by atoms with Crippen LogP contribution in [-0.4, -0.2) is 43.8 Å². The minimum absolute atomic E-state index is 0.170. The third-order valence-electron chi connectivity index (χ3n) is 2.33. The highest BCUT2D eigenvalue weighted by atomic mass is 16.6. The van der Waals surface area contributed by atoms with Crippen molar-refractivity contribution in [1.29, 1.82) is 0 Å². The minimum atomic E-state index is -0.170. The van der Waals surface area contributed by atoms with Gasteiger partial charge in [0.05, 0.1) is 6.54 Å². The molecular formula is C9H18N2O2. The van der Waals surface area contributed by atoms with Crippen LogP contribution in [0.3, 0.4) is 0 Å². The Kier molecular flexibility index (Phi) is 4.02. The van der Waals surface area contributed by atoms with Gasteiger partial charge in [0, 0.05) is 12.6 Å². The van der Waals surface area contributed by atoms with Crippen molar-refractivity contribution < 1.29 is 9.53 Å². The molecule has 0 radical (unpaired) electrons. The van der Waals surface area contributed by atoms with Crippen molar-refractivity contribution in [3.05, 3.63) is 0 Å². The maximum Gasteiger partial charge on any atom is 0.409 e. The summed E-state index contributed by atoms with van der Waals surface area (Å²) in [5.74, 6) is 0. The predicted molar refractivity (Wildman–Crippen MR) is 50.7 cm³/mol. The van der Waals surface area contributed by atoms with Gasteiger partial charge in [-0.2, -0.15) is 0 Å². The third-order valence-corrected chi connectivity index (χ3v) is 2.33. The maximum atomic E-state index is 11.1. The highest BCUT2D eigenvalue weighted by Crippen LogP contribution is 2.06. The summed E-state index contributed by atoms with van der Waals surface area (Å²) in [6.45, 7) is 4.19.